The van der Waals surface area contributed by atoms with Crippen LogP contribution in [0.2, 0.25) is 0 Å². The first-order valence-electron chi connectivity index (χ1n) is 16.5. The highest BCUT2D eigenvalue weighted by atomic mass is 32.2. The van der Waals surface area contributed by atoms with Gasteiger partial charge in [0, 0.05) is 24.5 Å². The lowest BCUT2D eigenvalue weighted by Gasteiger charge is -2.10. The molecule has 0 bridgehead atoms. The number of Topliss-reactive ketones (excluding diaryl/α,β-unsaturated/α-hetero) is 1. The molecule has 0 amide bonds. The van der Waals surface area contributed by atoms with E-state index in [0.29, 0.717) is 56.4 Å². The summed E-state index contributed by atoms with van der Waals surface area (Å²) in [5.41, 5.74) is 0. The number of hydrogen-bond donors (Lipinski definition) is 0. The molecule has 0 aromatic heterocycles. The summed E-state index contributed by atoms with van der Waals surface area (Å²) in [6, 6.07) is 0. The van der Waals surface area contributed by atoms with Crippen LogP contribution in [0.1, 0.15) is 134 Å². The van der Waals surface area contributed by atoms with Crippen LogP contribution < -0.4 is 0 Å². The van der Waals surface area contributed by atoms with E-state index in [1.165, 1.54) is 13.8 Å². The summed E-state index contributed by atoms with van der Waals surface area (Å²) >= 11 is 1.68. The van der Waals surface area contributed by atoms with Gasteiger partial charge in [0.05, 0.1) is 32.8 Å². The van der Waals surface area contributed by atoms with Crippen LogP contribution in [-0.2, 0) is 47.7 Å². The molecule has 0 aliphatic heterocycles. The van der Waals surface area contributed by atoms with Crippen molar-refractivity contribution in [1.82, 2.24) is 0 Å². The van der Waals surface area contributed by atoms with Crippen LogP contribution in [0.3, 0.4) is 0 Å². The molecule has 0 saturated carbocycles. The molecule has 46 heavy (non-hydrogen) atoms. The van der Waals surface area contributed by atoms with Crippen LogP contribution in [0.25, 0.3) is 0 Å². The first-order chi connectivity index (χ1) is 21.7. The molecule has 0 rings (SSSR count). The molecule has 0 heterocycles. The maximum Gasteiger partial charge on any atom is 0.313 e. The fourth-order valence-corrected chi connectivity index (χ4v) is 2.93. The number of rotatable bonds is 17. The van der Waals surface area contributed by atoms with E-state index in [1.54, 1.807) is 25.6 Å². The zero-order chi connectivity index (χ0) is 37.3. The molecule has 0 saturated heterocycles. The highest BCUT2D eigenvalue weighted by Gasteiger charge is 2.07. The lowest BCUT2D eigenvalue weighted by molar-refractivity contribution is -0.146. The predicted molar refractivity (Wildman–Crippen MR) is 190 cm³/mol. The summed E-state index contributed by atoms with van der Waals surface area (Å²) in [7, 11) is 0. The minimum atomic E-state index is -0.440. The largest absolute Gasteiger partial charge is 0.466 e. The molecule has 0 fully saturated rings. The highest BCUT2D eigenvalue weighted by molar-refractivity contribution is 7.99. The van der Waals surface area contributed by atoms with Gasteiger partial charge in [-0.3, -0.25) is 24.0 Å². The second-order valence-corrected chi connectivity index (χ2v) is 10.8. The first kappa shape index (κ1) is 55.9. The number of carbonyl (C=O) groups excluding carboxylic acids is 6. The molecule has 0 aromatic rings. The average Bonchev–Trinajstić information content (AvgIpc) is 3.01. The van der Waals surface area contributed by atoms with Gasteiger partial charge in [0.25, 0.3) is 0 Å². The SMILES string of the molecule is CCC(C=O)CC.CCC(CC)COC(C)=O.CCCC(=O)OCC.CCOC(=O)CC(C)=O.CCOC(=O)CC(C)SC.[CH2]C. The standard InChI is InChI=1S/C8H16O2.C7H14O2S.C6H10O3.C6H12O2.C6H12O.C2H5/c1-4-8(5-2)6-10-7(3)9;1-4-9-7(8)5-6(2)10-3;1-3-9-6(8)4-5(2)7;1-3-5-6(7)8-4-2;1-3-6(4-2)5-7;1-2/h8H,4-6H2,1-3H3;6H,4-5H2,1-3H3;3-4H2,1-2H3;3-5H2,1-2H3;5-6H,3-4H2,1-2H3;1H2,2H3. The smallest absolute Gasteiger partial charge is 0.313 e. The summed E-state index contributed by atoms with van der Waals surface area (Å²) in [6.45, 7) is 27.3. The molecule has 1 radical (unpaired) electrons. The van der Waals surface area contributed by atoms with Crippen LogP contribution in [0.15, 0.2) is 0 Å². The zero-order valence-electron chi connectivity index (χ0n) is 31.5. The van der Waals surface area contributed by atoms with Crippen molar-refractivity contribution in [2.45, 2.75) is 140 Å². The molecular weight excluding hydrogens is 612 g/mol. The summed E-state index contributed by atoms with van der Waals surface area (Å²) in [6.07, 6.45) is 9.01. The maximum atomic E-state index is 10.8. The van der Waals surface area contributed by atoms with E-state index in [4.69, 9.17) is 9.47 Å². The molecule has 0 aliphatic rings. The summed E-state index contributed by atoms with van der Waals surface area (Å²) in [4.78, 5) is 62.2. The van der Waals surface area contributed by atoms with Crippen molar-refractivity contribution in [1.29, 1.82) is 0 Å². The van der Waals surface area contributed by atoms with Crippen molar-refractivity contribution in [3.63, 3.8) is 0 Å². The number of thioether (sulfide) groups is 1. The number of ether oxygens (including phenoxy) is 4. The normalized spacial score (nSPS) is 9.74. The Hall–Kier alpha value is -2.43. The van der Waals surface area contributed by atoms with E-state index in [0.717, 1.165) is 38.4 Å². The Morgan fingerprint density at radius 2 is 1.13 bits per heavy atom. The van der Waals surface area contributed by atoms with Crippen LogP contribution in [0, 0.1) is 18.8 Å². The first-order valence-corrected chi connectivity index (χ1v) is 17.8. The molecular formula is C35H69O10S. The maximum absolute atomic E-state index is 10.8. The number of carbonyl (C=O) groups is 6. The van der Waals surface area contributed by atoms with Gasteiger partial charge in [0.1, 0.15) is 18.5 Å². The van der Waals surface area contributed by atoms with Crippen molar-refractivity contribution >= 4 is 47.7 Å². The van der Waals surface area contributed by atoms with E-state index < -0.39 is 5.97 Å². The molecule has 1 atom stereocenters. The summed E-state index contributed by atoms with van der Waals surface area (Å²) < 4.78 is 18.7. The van der Waals surface area contributed by atoms with Gasteiger partial charge in [-0.05, 0) is 59.1 Å². The van der Waals surface area contributed by atoms with Crippen LogP contribution in [0.4, 0.5) is 0 Å². The molecule has 11 heteroatoms. The van der Waals surface area contributed by atoms with Crippen LogP contribution >= 0.6 is 11.8 Å². The molecule has 0 aromatic carbocycles. The average molecular weight is 682 g/mol. The fourth-order valence-electron chi connectivity index (χ4n) is 2.63. The van der Waals surface area contributed by atoms with Crippen LogP contribution in [0.5, 0.6) is 0 Å². The Labute approximate surface area is 286 Å². The third-order valence-electron chi connectivity index (χ3n) is 5.54. The Morgan fingerprint density at radius 3 is 1.41 bits per heavy atom. The number of ketones is 1. The fraction of sp³-hybridized carbons (Fsp3) is 0.800. The van der Waals surface area contributed by atoms with E-state index >= 15 is 0 Å². The van der Waals surface area contributed by atoms with Crippen molar-refractivity contribution in [3.8, 4) is 0 Å². The van der Waals surface area contributed by atoms with Gasteiger partial charge in [-0.25, -0.2) is 0 Å². The van der Waals surface area contributed by atoms with Gasteiger partial charge >= 0.3 is 23.9 Å². The van der Waals surface area contributed by atoms with Crippen LogP contribution in [-0.4, -0.2) is 73.9 Å². The van der Waals surface area contributed by atoms with E-state index in [-0.39, 0.29) is 30.1 Å². The Morgan fingerprint density at radius 1 is 0.696 bits per heavy atom. The van der Waals surface area contributed by atoms with Crippen molar-refractivity contribution in [2.24, 2.45) is 11.8 Å². The molecule has 0 aliphatic carbocycles. The van der Waals surface area contributed by atoms with Crippen molar-refractivity contribution in [2.75, 3.05) is 32.7 Å². The number of esters is 4. The lowest BCUT2D eigenvalue weighted by atomic mass is 10.1. The molecule has 0 N–H and O–H groups in total. The van der Waals surface area contributed by atoms with Gasteiger partial charge in [-0.2, -0.15) is 11.8 Å². The minimum Gasteiger partial charge on any atom is -0.466 e. The Kier molecular flexibility index (Phi) is 57.1. The monoisotopic (exact) mass is 681 g/mol. The summed E-state index contributed by atoms with van der Waals surface area (Å²) in [5.74, 6) is -0.103. The van der Waals surface area contributed by atoms with E-state index in [1.807, 2.05) is 47.8 Å². The zero-order valence-corrected chi connectivity index (χ0v) is 32.3. The van der Waals surface area contributed by atoms with Gasteiger partial charge in [-0.1, -0.05) is 68.2 Å². The third kappa shape index (κ3) is 57.3. The molecule has 275 valence electrons. The van der Waals surface area contributed by atoms with Gasteiger partial charge < -0.3 is 23.7 Å². The molecule has 10 nitrogen and oxygen atoms in total. The quantitative estimate of drug-likeness (QED) is 0.0638. The predicted octanol–water partition coefficient (Wildman–Crippen LogP) is 8.02. The van der Waals surface area contributed by atoms with Gasteiger partial charge in [0.15, 0.2) is 0 Å². The second-order valence-electron chi connectivity index (χ2n) is 9.49. The summed E-state index contributed by atoms with van der Waals surface area (Å²) in [5, 5.41) is 0.374. The molecule has 0 spiro atoms. The lowest BCUT2D eigenvalue weighted by Crippen LogP contribution is -2.10. The highest BCUT2D eigenvalue weighted by Crippen LogP contribution is 2.09. The van der Waals surface area contributed by atoms with Gasteiger partial charge in [0.2, 0.25) is 0 Å². The van der Waals surface area contributed by atoms with E-state index in [9.17, 15) is 28.8 Å². The van der Waals surface area contributed by atoms with Crippen molar-refractivity contribution < 1.29 is 47.7 Å². The Balaban J connectivity index is -0.000000108. The minimum absolute atomic E-state index is 0.0880. The van der Waals surface area contributed by atoms with Crippen molar-refractivity contribution in [3.05, 3.63) is 6.92 Å². The number of hydrogen-bond acceptors (Lipinski definition) is 11. The third-order valence-corrected chi connectivity index (χ3v) is 6.51. The van der Waals surface area contributed by atoms with Gasteiger partial charge in [-0.15, -0.1) is 0 Å². The molecule has 1 unspecified atom stereocenters. The number of aldehydes is 1. The Bertz CT molecular complexity index is 697. The van der Waals surface area contributed by atoms with E-state index in [2.05, 4.69) is 30.2 Å². The topological polar surface area (TPSA) is 139 Å². The second kappa shape index (κ2) is 47.0.